The minimum absolute atomic E-state index is 0.0852. The van der Waals surface area contributed by atoms with Gasteiger partial charge in [-0.2, -0.15) is 0 Å². The molecule has 6 aromatic carbocycles. The number of carbonyl (C=O) groups excluding carboxylic acids is 2. The molecule has 10 heteroatoms. The van der Waals surface area contributed by atoms with Gasteiger partial charge in [0.1, 0.15) is 36.2 Å². The van der Waals surface area contributed by atoms with Crippen molar-refractivity contribution >= 4 is 35.1 Å². The van der Waals surface area contributed by atoms with Gasteiger partial charge in [0.25, 0.3) is 0 Å². The van der Waals surface area contributed by atoms with Gasteiger partial charge in [-0.3, -0.25) is 9.59 Å². The van der Waals surface area contributed by atoms with Crippen molar-refractivity contribution < 1.29 is 38.0 Å². The van der Waals surface area contributed by atoms with Crippen LogP contribution in [0.5, 0.6) is 23.0 Å². The number of aryl methyl sites for hydroxylation is 4. The second kappa shape index (κ2) is 24.3. The number of rotatable bonds is 19. The second-order valence-electron chi connectivity index (χ2n) is 14.3. The van der Waals surface area contributed by atoms with E-state index in [4.69, 9.17) is 46.9 Å². The number of para-hydroxylation sites is 2. The minimum Gasteiger partial charge on any atom is -0.489 e. The fourth-order valence-electron chi connectivity index (χ4n) is 6.76. The molecule has 0 saturated carbocycles. The average Bonchev–Trinajstić information content (AvgIpc) is 3.27. The Bertz CT molecular complexity index is 2340. The molecule has 62 heavy (non-hydrogen) atoms. The molecule has 6 aromatic rings. The zero-order valence-corrected chi connectivity index (χ0v) is 37.0. The molecule has 0 radical (unpaired) electrons. The summed E-state index contributed by atoms with van der Waals surface area (Å²) < 4.78 is 35.0. The molecule has 0 amide bonds. The van der Waals surface area contributed by atoms with Crippen LogP contribution in [0.1, 0.15) is 35.1 Å². The van der Waals surface area contributed by atoms with E-state index in [1.807, 2.05) is 119 Å². The number of alkyl halides is 2. The van der Waals surface area contributed by atoms with E-state index in [1.54, 1.807) is 0 Å². The second-order valence-corrected chi connectivity index (χ2v) is 15.0. The van der Waals surface area contributed by atoms with Crippen LogP contribution in [-0.2, 0) is 19.1 Å². The molecule has 0 spiro atoms. The summed E-state index contributed by atoms with van der Waals surface area (Å²) in [5.74, 6) is 2.74. The van der Waals surface area contributed by atoms with E-state index in [9.17, 15) is 9.59 Å². The molecule has 0 saturated heterocycles. The maximum Gasteiger partial charge on any atom is 0.311 e. The summed E-state index contributed by atoms with van der Waals surface area (Å²) in [5.41, 5.74) is 10.2. The molecule has 6 rings (SSSR count). The van der Waals surface area contributed by atoms with Gasteiger partial charge in [0, 0.05) is 22.9 Å². The highest BCUT2D eigenvalue weighted by molar-refractivity contribution is 6.19. The van der Waals surface area contributed by atoms with Crippen molar-refractivity contribution in [3.05, 3.63) is 169 Å². The Balaban J connectivity index is 0.000000826. The van der Waals surface area contributed by atoms with E-state index in [-0.39, 0.29) is 44.7 Å². The first-order valence-electron chi connectivity index (χ1n) is 20.3. The molecule has 0 aliphatic carbocycles. The van der Waals surface area contributed by atoms with Crippen molar-refractivity contribution in [2.75, 3.05) is 31.8 Å². The molecule has 8 nitrogen and oxygen atoms in total. The predicted molar refractivity (Wildman–Crippen MR) is 249 cm³/mol. The van der Waals surface area contributed by atoms with E-state index in [0.717, 1.165) is 79.1 Å². The highest BCUT2D eigenvalue weighted by Crippen LogP contribution is 2.36. The van der Waals surface area contributed by atoms with Crippen LogP contribution in [-0.4, -0.2) is 49.8 Å². The van der Waals surface area contributed by atoms with Gasteiger partial charge in [0.2, 0.25) is 6.79 Å². The van der Waals surface area contributed by atoms with Crippen LogP contribution in [0.3, 0.4) is 0 Å². The number of esters is 2. The molecule has 0 aliphatic rings. The van der Waals surface area contributed by atoms with Crippen LogP contribution >= 0.6 is 23.2 Å². The summed E-state index contributed by atoms with van der Waals surface area (Å²) in [6.45, 7) is 11.7. The summed E-state index contributed by atoms with van der Waals surface area (Å²) in [4.78, 5) is 22.8. The Morgan fingerprint density at radius 1 is 0.532 bits per heavy atom. The number of benzene rings is 6. The van der Waals surface area contributed by atoms with Gasteiger partial charge < -0.3 is 28.4 Å². The van der Waals surface area contributed by atoms with Crippen molar-refractivity contribution in [1.29, 1.82) is 0 Å². The van der Waals surface area contributed by atoms with Gasteiger partial charge in [-0.15, -0.1) is 23.2 Å². The lowest BCUT2D eigenvalue weighted by atomic mass is 9.96. The van der Waals surface area contributed by atoms with E-state index in [0.29, 0.717) is 11.6 Å². The molecular formula is C52H52Cl2O8. The zero-order valence-electron chi connectivity index (χ0n) is 35.5. The molecule has 1 atom stereocenters. The Labute approximate surface area is 374 Å². The lowest BCUT2D eigenvalue weighted by molar-refractivity contribution is -0.151. The Hall–Kier alpha value is -6.22. The summed E-state index contributed by atoms with van der Waals surface area (Å²) in [6, 6.07) is 44.5. The lowest BCUT2D eigenvalue weighted by Gasteiger charge is -2.22. The largest absolute Gasteiger partial charge is 0.489 e. The van der Waals surface area contributed by atoms with Gasteiger partial charge in [0.15, 0.2) is 6.10 Å². The third kappa shape index (κ3) is 13.6. The van der Waals surface area contributed by atoms with Crippen LogP contribution in [0, 0.1) is 27.7 Å². The molecule has 0 N–H and O–H groups in total. The van der Waals surface area contributed by atoms with E-state index < -0.39 is 12.1 Å². The SMILES string of the molecule is C=COC(=O)CCCl.Cc1cc(-c2cc(C)c(OCC(COc3ccccc3-c3ccccc3)OC(=O)CCCl)c(C)c2)cc(C)c1OCOc1ccccc1-c1ccccc1. The molecule has 1 unspecified atom stereocenters. The van der Waals surface area contributed by atoms with Crippen LogP contribution in [0.4, 0.5) is 0 Å². The van der Waals surface area contributed by atoms with E-state index in [2.05, 4.69) is 53.8 Å². The first-order chi connectivity index (χ1) is 30.1. The summed E-state index contributed by atoms with van der Waals surface area (Å²) >= 11 is 11.0. The number of halogens is 2. The van der Waals surface area contributed by atoms with Crippen molar-refractivity contribution in [1.82, 2.24) is 0 Å². The van der Waals surface area contributed by atoms with Crippen LogP contribution in [0.25, 0.3) is 33.4 Å². The molecule has 0 heterocycles. The Kier molecular flexibility index (Phi) is 18.3. The maximum atomic E-state index is 12.5. The van der Waals surface area contributed by atoms with Gasteiger partial charge >= 0.3 is 11.9 Å². The van der Waals surface area contributed by atoms with Crippen molar-refractivity contribution in [2.24, 2.45) is 0 Å². The summed E-state index contributed by atoms with van der Waals surface area (Å²) in [7, 11) is 0. The monoisotopic (exact) mass is 874 g/mol. The molecule has 322 valence electrons. The fraction of sp³-hybridized carbons (Fsp3) is 0.231. The van der Waals surface area contributed by atoms with Gasteiger partial charge in [-0.1, -0.05) is 104 Å². The first-order valence-corrected chi connectivity index (χ1v) is 21.3. The normalized spacial score (nSPS) is 11.0. The summed E-state index contributed by atoms with van der Waals surface area (Å²) in [6.07, 6.45) is 0.780. The topological polar surface area (TPSA) is 89.5 Å². The van der Waals surface area contributed by atoms with Crippen molar-refractivity contribution in [3.63, 3.8) is 0 Å². The third-order valence-electron chi connectivity index (χ3n) is 9.56. The van der Waals surface area contributed by atoms with Crippen LogP contribution in [0.2, 0.25) is 0 Å². The highest BCUT2D eigenvalue weighted by atomic mass is 35.5. The predicted octanol–water partition coefficient (Wildman–Crippen LogP) is 12.6. The number of hydrogen-bond acceptors (Lipinski definition) is 8. The van der Waals surface area contributed by atoms with Crippen molar-refractivity contribution in [2.45, 2.75) is 46.6 Å². The highest BCUT2D eigenvalue weighted by Gasteiger charge is 2.20. The maximum absolute atomic E-state index is 12.5. The van der Waals surface area contributed by atoms with Crippen LogP contribution in [0.15, 0.2) is 146 Å². The first kappa shape index (κ1) is 46.8. The minimum atomic E-state index is -0.656. The quantitative estimate of drug-likeness (QED) is 0.0344. The summed E-state index contributed by atoms with van der Waals surface area (Å²) in [5, 5.41) is 0. The molecule has 0 aliphatic heterocycles. The average molecular weight is 876 g/mol. The zero-order chi connectivity index (χ0) is 44.3. The number of carbonyl (C=O) groups is 2. The van der Waals surface area contributed by atoms with Gasteiger partial charge in [-0.05, 0) is 109 Å². The van der Waals surface area contributed by atoms with Gasteiger partial charge in [-0.25, -0.2) is 0 Å². The fourth-order valence-corrected chi connectivity index (χ4v) is 7.07. The molecule has 0 fully saturated rings. The van der Waals surface area contributed by atoms with E-state index >= 15 is 0 Å². The standard InChI is InChI=1S/C47H45ClO6.C5H7ClO2/c1-32-25-38(39-27-34(3)47(35(4)28-39)53-31-52-44-22-14-12-20-42(44)37-17-9-6-10-18-37)26-33(2)46(32)51-30-40(54-45(49)23-24-48)29-50-43-21-13-11-19-41(43)36-15-7-5-8-16-36;1-2-8-5(7)3-4-6/h5-22,25-28,40H,23-24,29-31H2,1-4H3;2H,1,3-4H2. The molecule has 0 bridgehead atoms. The van der Waals surface area contributed by atoms with Crippen molar-refractivity contribution in [3.8, 4) is 56.4 Å². The Morgan fingerprint density at radius 2 is 0.952 bits per heavy atom. The number of ether oxygens (including phenoxy) is 6. The third-order valence-corrected chi connectivity index (χ3v) is 9.94. The smallest absolute Gasteiger partial charge is 0.311 e. The Morgan fingerprint density at radius 3 is 1.44 bits per heavy atom. The lowest BCUT2D eigenvalue weighted by Crippen LogP contribution is -2.31. The molecular weight excluding hydrogens is 823 g/mol. The van der Waals surface area contributed by atoms with Crippen LogP contribution < -0.4 is 18.9 Å². The van der Waals surface area contributed by atoms with E-state index in [1.165, 1.54) is 0 Å². The molecule has 0 aromatic heterocycles. The number of hydrogen-bond donors (Lipinski definition) is 0. The van der Waals surface area contributed by atoms with Gasteiger partial charge in [0.05, 0.1) is 19.1 Å².